The summed E-state index contributed by atoms with van der Waals surface area (Å²) < 4.78 is 0. The van der Waals surface area contributed by atoms with Gasteiger partial charge in [-0.25, -0.2) is 4.98 Å². The van der Waals surface area contributed by atoms with Crippen LogP contribution in [0.25, 0.3) is 0 Å². The fourth-order valence-corrected chi connectivity index (χ4v) is 1.25. The lowest BCUT2D eigenvalue weighted by Crippen LogP contribution is -2.13. The highest BCUT2D eigenvalue weighted by Crippen LogP contribution is 2.17. The Balaban J connectivity index is 2.97. The molecule has 0 aliphatic heterocycles. The molecule has 0 spiro atoms. The highest BCUT2D eigenvalue weighted by molar-refractivity contribution is 5.51. The smallest absolute Gasteiger partial charge is 0.133 e. The zero-order valence-corrected chi connectivity index (χ0v) is 8.76. The average Bonchev–Trinajstić information content (AvgIpc) is 2.08. The Morgan fingerprint density at radius 1 is 1.38 bits per heavy atom. The maximum atomic E-state index is 4.48. The van der Waals surface area contributed by atoms with Crippen LogP contribution in [0.3, 0.4) is 0 Å². The van der Waals surface area contributed by atoms with Crippen LogP contribution >= 0.6 is 0 Å². The van der Waals surface area contributed by atoms with Gasteiger partial charge in [0.25, 0.3) is 0 Å². The van der Waals surface area contributed by atoms with Crippen LogP contribution in [0.2, 0.25) is 0 Å². The predicted octanol–water partition coefficient (Wildman–Crippen LogP) is 1.89. The van der Waals surface area contributed by atoms with E-state index < -0.39 is 0 Å². The van der Waals surface area contributed by atoms with Gasteiger partial charge in [0.1, 0.15) is 11.6 Å². The SMILES string of the molecule is CCNc1ccc(C)c(N(C)C)n1. The van der Waals surface area contributed by atoms with Gasteiger partial charge in [-0.3, -0.25) is 0 Å². The van der Waals surface area contributed by atoms with E-state index in [2.05, 4.69) is 30.2 Å². The molecule has 0 saturated heterocycles. The maximum absolute atomic E-state index is 4.48. The molecule has 72 valence electrons. The molecule has 0 aliphatic carbocycles. The number of hydrogen-bond donors (Lipinski definition) is 1. The lowest BCUT2D eigenvalue weighted by atomic mass is 10.2. The first kappa shape index (κ1) is 9.84. The van der Waals surface area contributed by atoms with Crippen molar-refractivity contribution in [2.24, 2.45) is 0 Å². The Kier molecular flexibility index (Phi) is 3.12. The number of aryl methyl sites for hydroxylation is 1. The van der Waals surface area contributed by atoms with Crippen molar-refractivity contribution in [3.05, 3.63) is 17.7 Å². The summed E-state index contributed by atoms with van der Waals surface area (Å²) in [6.45, 7) is 5.04. The van der Waals surface area contributed by atoms with E-state index in [-0.39, 0.29) is 0 Å². The monoisotopic (exact) mass is 179 g/mol. The molecule has 0 aromatic carbocycles. The highest BCUT2D eigenvalue weighted by atomic mass is 15.2. The molecule has 3 heteroatoms. The van der Waals surface area contributed by atoms with Gasteiger partial charge in [-0.15, -0.1) is 0 Å². The van der Waals surface area contributed by atoms with Crippen LogP contribution in [-0.4, -0.2) is 25.6 Å². The zero-order chi connectivity index (χ0) is 9.84. The number of pyridine rings is 1. The minimum Gasteiger partial charge on any atom is -0.370 e. The molecule has 1 N–H and O–H groups in total. The van der Waals surface area contributed by atoms with E-state index >= 15 is 0 Å². The van der Waals surface area contributed by atoms with Crippen molar-refractivity contribution < 1.29 is 0 Å². The molecule has 1 aromatic heterocycles. The van der Waals surface area contributed by atoms with Crippen LogP contribution in [0.5, 0.6) is 0 Å². The second kappa shape index (κ2) is 4.12. The fraction of sp³-hybridized carbons (Fsp3) is 0.500. The summed E-state index contributed by atoms with van der Waals surface area (Å²) in [5.74, 6) is 1.97. The number of hydrogen-bond acceptors (Lipinski definition) is 3. The molecule has 0 bridgehead atoms. The van der Waals surface area contributed by atoms with Gasteiger partial charge in [0.2, 0.25) is 0 Å². The van der Waals surface area contributed by atoms with Gasteiger partial charge in [0.05, 0.1) is 0 Å². The first-order valence-electron chi connectivity index (χ1n) is 4.54. The van der Waals surface area contributed by atoms with Crippen LogP contribution in [0.4, 0.5) is 11.6 Å². The molecule has 0 radical (unpaired) electrons. The summed E-state index contributed by atoms with van der Waals surface area (Å²) in [5, 5.41) is 3.19. The van der Waals surface area contributed by atoms with Crippen molar-refractivity contribution in [2.45, 2.75) is 13.8 Å². The van der Waals surface area contributed by atoms with E-state index in [1.165, 1.54) is 5.56 Å². The second-order valence-electron chi connectivity index (χ2n) is 3.26. The number of anilines is 2. The average molecular weight is 179 g/mol. The van der Waals surface area contributed by atoms with Gasteiger partial charge in [0.15, 0.2) is 0 Å². The predicted molar refractivity (Wildman–Crippen MR) is 57.5 cm³/mol. The molecule has 1 aromatic rings. The summed E-state index contributed by atoms with van der Waals surface area (Å²) in [4.78, 5) is 6.50. The lowest BCUT2D eigenvalue weighted by molar-refractivity contribution is 1.04. The third-order valence-electron chi connectivity index (χ3n) is 1.85. The topological polar surface area (TPSA) is 28.2 Å². The van der Waals surface area contributed by atoms with Crippen LogP contribution < -0.4 is 10.2 Å². The van der Waals surface area contributed by atoms with Gasteiger partial charge in [-0.2, -0.15) is 0 Å². The van der Waals surface area contributed by atoms with Crippen LogP contribution in [0.1, 0.15) is 12.5 Å². The summed E-state index contributed by atoms with van der Waals surface area (Å²) in [6, 6.07) is 4.09. The van der Waals surface area contributed by atoms with E-state index in [4.69, 9.17) is 0 Å². The Labute approximate surface area is 79.8 Å². The van der Waals surface area contributed by atoms with Crippen molar-refractivity contribution >= 4 is 11.6 Å². The van der Waals surface area contributed by atoms with Gasteiger partial charge in [0, 0.05) is 20.6 Å². The first-order chi connectivity index (χ1) is 6.15. The number of nitrogens with zero attached hydrogens (tertiary/aromatic N) is 2. The zero-order valence-electron chi connectivity index (χ0n) is 8.76. The minimum absolute atomic E-state index is 0.906. The van der Waals surface area contributed by atoms with Crippen LogP contribution in [-0.2, 0) is 0 Å². The van der Waals surface area contributed by atoms with Crippen molar-refractivity contribution in [1.29, 1.82) is 0 Å². The second-order valence-corrected chi connectivity index (χ2v) is 3.26. The molecule has 0 unspecified atom stereocenters. The molecule has 0 atom stereocenters. The van der Waals surface area contributed by atoms with Gasteiger partial charge >= 0.3 is 0 Å². The van der Waals surface area contributed by atoms with E-state index in [9.17, 15) is 0 Å². The molecule has 1 heterocycles. The Bertz CT molecular complexity index is 281. The van der Waals surface area contributed by atoms with Crippen molar-refractivity contribution in [1.82, 2.24) is 4.98 Å². The Hall–Kier alpha value is -1.25. The van der Waals surface area contributed by atoms with Crippen molar-refractivity contribution in [3.8, 4) is 0 Å². The molecule has 1 rings (SSSR count). The minimum atomic E-state index is 0.906. The Morgan fingerprint density at radius 2 is 2.08 bits per heavy atom. The Morgan fingerprint density at radius 3 is 2.62 bits per heavy atom. The standard InChI is InChI=1S/C10H17N3/c1-5-11-9-7-6-8(2)10(12-9)13(3)4/h6-7H,5H2,1-4H3,(H,11,12). The molecule has 13 heavy (non-hydrogen) atoms. The van der Waals surface area contributed by atoms with E-state index in [0.717, 1.165) is 18.2 Å². The molecular weight excluding hydrogens is 162 g/mol. The third kappa shape index (κ3) is 2.34. The summed E-state index contributed by atoms with van der Waals surface area (Å²) in [7, 11) is 4.01. The molecule has 0 fully saturated rings. The van der Waals surface area contributed by atoms with Crippen LogP contribution in [0.15, 0.2) is 12.1 Å². The summed E-state index contributed by atoms with van der Waals surface area (Å²) in [6.07, 6.45) is 0. The molecule has 3 nitrogen and oxygen atoms in total. The largest absolute Gasteiger partial charge is 0.370 e. The highest BCUT2D eigenvalue weighted by Gasteiger charge is 2.02. The summed E-state index contributed by atoms with van der Waals surface area (Å²) in [5.41, 5.74) is 1.20. The normalized spacial score (nSPS) is 9.85. The third-order valence-corrected chi connectivity index (χ3v) is 1.85. The number of nitrogens with one attached hydrogen (secondary N) is 1. The first-order valence-corrected chi connectivity index (χ1v) is 4.54. The fourth-order valence-electron chi connectivity index (χ4n) is 1.25. The van der Waals surface area contributed by atoms with Crippen molar-refractivity contribution in [3.63, 3.8) is 0 Å². The van der Waals surface area contributed by atoms with Crippen LogP contribution in [0, 0.1) is 6.92 Å². The van der Waals surface area contributed by atoms with Gasteiger partial charge in [-0.05, 0) is 25.5 Å². The van der Waals surface area contributed by atoms with E-state index in [0.29, 0.717) is 0 Å². The van der Waals surface area contributed by atoms with E-state index in [1.54, 1.807) is 0 Å². The molecular formula is C10H17N3. The number of aromatic nitrogens is 1. The van der Waals surface area contributed by atoms with Gasteiger partial charge in [-0.1, -0.05) is 6.07 Å². The van der Waals surface area contributed by atoms with Gasteiger partial charge < -0.3 is 10.2 Å². The molecule has 0 saturated carbocycles. The van der Waals surface area contributed by atoms with Crippen molar-refractivity contribution in [2.75, 3.05) is 30.9 Å². The lowest BCUT2D eigenvalue weighted by Gasteiger charge is -2.15. The number of rotatable bonds is 3. The quantitative estimate of drug-likeness (QED) is 0.768. The van der Waals surface area contributed by atoms with E-state index in [1.807, 2.05) is 25.1 Å². The molecule has 0 amide bonds. The summed E-state index contributed by atoms with van der Waals surface area (Å²) >= 11 is 0. The molecule has 0 aliphatic rings. The maximum Gasteiger partial charge on any atom is 0.133 e.